The molecule has 4 rings (SSSR count). The molecule has 5 atom stereocenters. The Morgan fingerprint density at radius 2 is 1.96 bits per heavy atom. The quantitative estimate of drug-likeness (QED) is 0.884. The fraction of sp³-hybridized carbons (Fsp3) is 0.682. The minimum absolute atomic E-state index is 0.0849. The van der Waals surface area contributed by atoms with Crippen molar-refractivity contribution in [2.24, 2.45) is 11.8 Å². The average molecular weight is 372 g/mol. The van der Waals surface area contributed by atoms with Crippen LogP contribution in [-0.4, -0.2) is 61.6 Å². The first-order valence-corrected chi connectivity index (χ1v) is 10.5. The highest BCUT2D eigenvalue weighted by atomic mass is 16.5. The third kappa shape index (κ3) is 3.59. The summed E-state index contributed by atoms with van der Waals surface area (Å²) in [5, 5.41) is 3.11. The first-order chi connectivity index (χ1) is 13.1. The standard InChI is InChI=1S/C22H33N3O2/c1-15(23-2)22(26)24-12-16-11-18(14-24)21-6-4-5-20(25(21)13-16)17-7-9-19(27-3)10-8-17/h7-10,15-16,18,20-21,23H,4-6,11-14H2,1-3H3/t15-,16-,18+,20+,21-/m0/s1. The van der Waals surface area contributed by atoms with Crippen LogP contribution in [0.25, 0.3) is 0 Å². The summed E-state index contributed by atoms with van der Waals surface area (Å²) in [6.07, 6.45) is 5.07. The number of fused-ring (bicyclic) bond motifs is 4. The molecule has 5 nitrogen and oxygen atoms in total. The Hall–Kier alpha value is -1.59. The van der Waals surface area contributed by atoms with Crippen LogP contribution in [0.5, 0.6) is 5.75 Å². The molecule has 0 radical (unpaired) electrons. The molecule has 3 aliphatic rings. The van der Waals surface area contributed by atoms with Gasteiger partial charge in [-0.1, -0.05) is 12.1 Å². The first-order valence-electron chi connectivity index (χ1n) is 10.5. The smallest absolute Gasteiger partial charge is 0.239 e. The number of benzene rings is 1. The second kappa shape index (κ2) is 7.80. The molecule has 27 heavy (non-hydrogen) atoms. The monoisotopic (exact) mass is 371 g/mol. The van der Waals surface area contributed by atoms with Gasteiger partial charge in [0.1, 0.15) is 5.75 Å². The Morgan fingerprint density at radius 3 is 2.67 bits per heavy atom. The van der Waals surface area contributed by atoms with E-state index in [0.29, 0.717) is 23.9 Å². The van der Waals surface area contributed by atoms with Crippen molar-refractivity contribution in [2.45, 2.75) is 50.7 Å². The summed E-state index contributed by atoms with van der Waals surface area (Å²) in [5.74, 6) is 2.41. The Balaban J connectivity index is 1.51. The molecule has 0 aromatic heterocycles. The fourth-order valence-electron chi connectivity index (χ4n) is 5.57. The lowest BCUT2D eigenvalue weighted by molar-refractivity contribution is -0.140. The maximum Gasteiger partial charge on any atom is 0.239 e. The van der Waals surface area contributed by atoms with Gasteiger partial charge >= 0.3 is 0 Å². The number of ether oxygens (including phenoxy) is 1. The molecular weight excluding hydrogens is 338 g/mol. The number of amides is 1. The van der Waals surface area contributed by atoms with Crippen LogP contribution in [0.4, 0.5) is 0 Å². The minimum Gasteiger partial charge on any atom is -0.497 e. The van der Waals surface area contributed by atoms with E-state index in [9.17, 15) is 4.79 Å². The van der Waals surface area contributed by atoms with Gasteiger partial charge in [-0.15, -0.1) is 0 Å². The summed E-state index contributed by atoms with van der Waals surface area (Å²) >= 11 is 0. The van der Waals surface area contributed by atoms with Gasteiger partial charge in [-0.05, 0) is 69.2 Å². The zero-order valence-corrected chi connectivity index (χ0v) is 16.9. The number of likely N-dealkylation sites (N-methyl/N-ethyl adjacent to an activating group) is 1. The van der Waals surface area contributed by atoms with Crippen LogP contribution in [0.3, 0.4) is 0 Å². The molecule has 1 amide bonds. The fourth-order valence-corrected chi connectivity index (χ4v) is 5.57. The van der Waals surface area contributed by atoms with Gasteiger partial charge < -0.3 is 15.0 Å². The van der Waals surface area contributed by atoms with Crippen LogP contribution in [0.1, 0.15) is 44.2 Å². The summed E-state index contributed by atoms with van der Waals surface area (Å²) in [5.41, 5.74) is 1.41. The molecule has 0 saturated carbocycles. The number of nitrogens with zero attached hydrogens (tertiary/aromatic N) is 2. The Bertz CT molecular complexity index is 662. The summed E-state index contributed by atoms with van der Waals surface area (Å²) in [4.78, 5) is 17.6. The van der Waals surface area contributed by atoms with Gasteiger partial charge in [0.2, 0.25) is 5.91 Å². The molecule has 148 valence electrons. The molecule has 2 bridgehead atoms. The van der Waals surface area contributed by atoms with Crippen molar-refractivity contribution in [3.63, 3.8) is 0 Å². The lowest BCUT2D eigenvalue weighted by atomic mass is 9.74. The Kier molecular flexibility index (Phi) is 5.42. The topological polar surface area (TPSA) is 44.8 Å². The highest BCUT2D eigenvalue weighted by Crippen LogP contribution is 2.44. The van der Waals surface area contributed by atoms with E-state index in [1.807, 2.05) is 14.0 Å². The SMILES string of the molecule is CN[C@@H](C)C(=O)N1C[C@@H]2C[C@H](C1)[C@@H]1CCC[C@H](c3ccc(OC)cc3)N1C2. The van der Waals surface area contributed by atoms with Crippen LogP contribution in [0, 0.1) is 11.8 Å². The third-order valence-electron chi connectivity index (χ3n) is 7.00. The van der Waals surface area contributed by atoms with Crippen LogP contribution in [0.2, 0.25) is 0 Å². The minimum atomic E-state index is -0.0849. The van der Waals surface area contributed by atoms with Gasteiger partial charge in [-0.25, -0.2) is 0 Å². The first kappa shape index (κ1) is 18.8. The maximum atomic E-state index is 12.7. The van der Waals surface area contributed by atoms with Gasteiger partial charge in [0.15, 0.2) is 0 Å². The zero-order chi connectivity index (χ0) is 19.0. The van der Waals surface area contributed by atoms with Gasteiger partial charge in [-0.3, -0.25) is 9.69 Å². The number of methoxy groups -OCH3 is 1. The van der Waals surface area contributed by atoms with Crippen LogP contribution in [-0.2, 0) is 4.79 Å². The van der Waals surface area contributed by atoms with Gasteiger partial charge in [0.25, 0.3) is 0 Å². The van der Waals surface area contributed by atoms with Crippen molar-refractivity contribution in [1.82, 2.24) is 15.1 Å². The summed E-state index contributed by atoms with van der Waals surface area (Å²) in [6.45, 7) is 4.94. The molecule has 1 aromatic carbocycles. The number of likely N-dealkylation sites (tertiary alicyclic amines) is 1. The van der Waals surface area contributed by atoms with E-state index in [1.165, 1.54) is 31.2 Å². The van der Waals surface area contributed by atoms with E-state index >= 15 is 0 Å². The normalized spacial score (nSPS) is 31.9. The summed E-state index contributed by atoms with van der Waals surface area (Å²) < 4.78 is 5.33. The highest BCUT2D eigenvalue weighted by molar-refractivity contribution is 5.81. The largest absolute Gasteiger partial charge is 0.497 e. The lowest BCUT2D eigenvalue weighted by Crippen LogP contribution is -2.61. The number of hydrogen-bond donors (Lipinski definition) is 1. The Labute approximate surface area is 163 Å². The molecular formula is C22H33N3O2. The number of piperidine rings is 3. The summed E-state index contributed by atoms with van der Waals surface area (Å²) in [6, 6.07) is 9.69. The highest BCUT2D eigenvalue weighted by Gasteiger charge is 2.45. The molecule has 0 unspecified atom stereocenters. The van der Waals surface area contributed by atoms with Gasteiger partial charge in [-0.2, -0.15) is 0 Å². The second-order valence-corrected chi connectivity index (χ2v) is 8.60. The predicted molar refractivity (Wildman–Crippen MR) is 107 cm³/mol. The molecule has 0 spiro atoms. The molecule has 3 aliphatic heterocycles. The molecule has 1 N–H and O–H groups in total. The third-order valence-corrected chi connectivity index (χ3v) is 7.00. The number of carbonyl (C=O) groups is 1. The second-order valence-electron chi connectivity index (χ2n) is 8.60. The zero-order valence-electron chi connectivity index (χ0n) is 16.9. The molecule has 3 saturated heterocycles. The Morgan fingerprint density at radius 1 is 1.19 bits per heavy atom. The van der Waals surface area contributed by atoms with Crippen molar-refractivity contribution in [3.8, 4) is 5.75 Å². The van der Waals surface area contributed by atoms with E-state index in [4.69, 9.17) is 4.74 Å². The lowest BCUT2D eigenvalue weighted by Gasteiger charge is -2.55. The van der Waals surface area contributed by atoms with E-state index in [-0.39, 0.29) is 11.9 Å². The molecule has 3 heterocycles. The van der Waals surface area contributed by atoms with Crippen LogP contribution >= 0.6 is 0 Å². The van der Waals surface area contributed by atoms with Crippen molar-refractivity contribution in [1.29, 1.82) is 0 Å². The van der Waals surface area contributed by atoms with Crippen molar-refractivity contribution >= 4 is 5.91 Å². The van der Waals surface area contributed by atoms with Crippen molar-refractivity contribution in [2.75, 3.05) is 33.8 Å². The molecule has 0 aliphatic carbocycles. The van der Waals surface area contributed by atoms with Crippen molar-refractivity contribution < 1.29 is 9.53 Å². The van der Waals surface area contributed by atoms with Crippen molar-refractivity contribution in [3.05, 3.63) is 29.8 Å². The van der Waals surface area contributed by atoms with E-state index < -0.39 is 0 Å². The van der Waals surface area contributed by atoms with E-state index in [0.717, 1.165) is 25.4 Å². The summed E-state index contributed by atoms with van der Waals surface area (Å²) in [7, 11) is 3.59. The van der Waals surface area contributed by atoms with E-state index in [2.05, 4.69) is 39.4 Å². The molecule has 5 heteroatoms. The van der Waals surface area contributed by atoms with Crippen LogP contribution in [0.15, 0.2) is 24.3 Å². The maximum absolute atomic E-state index is 12.7. The number of hydrogen-bond acceptors (Lipinski definition) is 4. The predicted octanol–water partition coefficient (Wildman–Crippen LogP) is 2.68. The molecule has 1 aromatic rings. The number of rotatable bonds is 4. The number of carbonyl (C=O) groups excluding carboxylic acids is 1. The number of nitrogens with one attached hydrogen (secondary N) is 1. The average Bonchev–Trinajstić information content (AvgIpc) is 2.72. The van der Waals surface area contributed by atoms with Crippen LogP contribution < -0.4 is 10.1 Å². The molecule has 3 fully saturated rings. The van der Waals surface area contributed by atoms with Gasteiger partial charge in [0, 0.05) is 31.7 Å². The van der Waals surface area contributed by atoms with Gasteiger partial charge in [0.05, 0.1) is 13.2 Å². The van der Waals surface area contributed by atoms with E-state index in [1.54, 1.807) is 7.11 Å².